The van der Waals surface area contributed by atoms with Gasteiger partial charge in [-0.2, -0.15) is 0 Å². The quantitative estimate of drug-likeness (QED) is 0.384. The summed E-state index contributed by atoms with van der Waals surface area (Å²) in [4.78, 5) is 8.96. The molecule has 0 saturated carbocycles. The van der Waals surface area contributed by atoms with Gasteiger partial charge in [0.05, 0.1) is 12.0 Å². The smallest absolute Gasteiger partial charge is 0.164 e. The van der Waals surface area contributed by atoms with Gasteiger partial charge in [-0.1, -0.05) is 48.5 Å². The highest BCUT2D eigenvalue weighted by molar-refractivity contribution is 6.02. The Morgan fingerprint density at radius 1 is 1.03 bits per heavy atom. The van der Waals surface area contributed by atoms with Gasteiger partial charge in [-0.05, 0) is 24.6 Å². The first kappa shape index (κ1) is 20.6. The summed E-state index contributed by atoms with van der Waals surface area (Å²) in [5.74, 6) is 0.608. The first-order chi connectivity index (χ1) is 15.5. The molecule has 8 nitrogen and oxygen atoms in total. The number of hydrogen-bond acceptors (Lipinski definition) is 7. The fourth-order valence-corrected chi connectivity index (χ4v) is 4.15. The Bertz CT molecular complexity index is 1230. The normalized spacial score (nSPS) is 25.3. The minimum atomic E-state index is -1.29. The van der Waals surface area contributed by atoms with Crippen LogP contribution in [0.4, 0.5) is 11.5 Å². The molecule has 0 aliphatic carbocycles. The molecule has 4 N–H and O–H groups in total. The third kappa shape index (κ3) is 3.34. The molecule has 8 heteroatoms. The number of ether oxygens (including phenoxy) is 1. The molecular weight excluding hydrogens is 408 g/mol. The number of benzene rings is 2. The molecule has 4 atom stereocenters. The topological polar surface area (TPSA) is 113 Å². The van der Waals surface area contributed by atoms with Gasteiger partial charge in [0.1, 0.15) is 35.6 Å². The zero-order valence-corrected chi connectivity index (χ0v) is 17.5. The lowest BCUT2D eigenvalue weighted by Crippen LogP contribution is -2.43. The van der Waals surface area contributed by atoms with Crippen molar-refractivity contribution in [3.63, 3.8) is 0 Å². The fraction of sp³-hybridized carbons (Fsp3) is 0.250. The maximum absolute atomic E-state index is 10.8. The van der Waals surface area contributed by atoms with E-state index < -0.39 is 30.6 Å². The van der Waals surface area contributed by atoms with Crippen molar-refractivity contribution in [1.29, 1.82) is 0 Å². The fourth-order valence-electron chi connectivity index (χ4n) is 4.15. The lowest BCUT2D eigenvalue weighted by Gasteiger charge is -2.24. The average molecular weight is 432 g/mol. The molecule has 3 heterocycles. The Labute approximate surface area is 184 Å². The summed E-state index contributed by atoms with van der Waals surface area (Å²) in [6, 6.07) is 19.5. The van der Waals surface area contributed by atoms with Crippen molar-refractivity contribution in [3.05, 3.63) is 73.2 Å². The summed E-state index contributed by atoms with van der Waals surface area (Å²) in [6.07, 6.45) is -0.136. The predicted molar refractivity (Wildman–Crippen MR) is 120 cm³/mol. The number of nitrogens with one attached hydrogen (secondary N) is 1. The molecule has 1 aliphatic rings. The highest BCUT2D eigenvalue weighted by atomic mass is 16.6. The highest BCUT2D eigenvalue weighted by Crippen LogP contribution is 2.42. The Kier molecular flexibility index (Phi) is 5.15. The number of fused-ring (bicyclic) bond motifs is 1. The van der Waals surface area contributed by atoms with Crippen LogP contribution in [0, 0.1) is 0 Å². The number of para-hydroxylation sites is 1. The average Bonchev–Trinajstić information content (AvgIpc) is 3.33. The van der Waals surface area contributed by atoms with Crippen LogP contribution in [0.25, 0.3) is 22.2 Å². The van der Waals surface area contributed by atoms with Gasteiger partial charge >= 0.3 is 0 Å². The molecule has 32 heavy (non-hydrogen) atoms. The van der Waals surface area contributed by atoms with Crippen molar-refractivity contribution in [3.8, 4) is 11.1 Å². The molecule has 0 bridgehead atoms. The van der Waals surface area contributed by atoms with E-state index in [2.05, 4.69) is 15.3 Å². The van der Waals surface area contributed by atoms with Crippen molar-refractivity contribution >= 4 is 22.5 Å². The van der Waals surface area contributed by atoms with E-state index in [1.165, 1.54) is 6.33 Å². The molecular formula is C24H24N4O4. The van der Waals surface area contributed by atoms with Gasteiger partial charge in [0.25, 0.3) is 0 Å². The lowest BCUT2D eigenvalue weighted by atomic mass is 9.99. The number of aliphatic hydroxyl groups excluding tert-OH is 3. The molecule has 0 amide bonds. The van der Waals surface area contributed by atoms with Gasteiger partial charge < -0.3 is 29.9 Å². The van der Waals surface area contributed by atoms with E-state index in [0.717, 1.165) is 22.2 Å². The molecule has 1 fully saturated rings. The maximum Gasteiger partial charge on any atom is 0.164 e. The van der Waals surface area contributed by atoms with Crippen LogP contribution in [0.3, 0.4) is 0 Å². The van der Waals surface area contributed by atoms with Crippen LogP contribution in [0.1, 0.15) is 13.2 Å². The van der Waals surface area contributed by atoms with Crippen LogP contribution < -0.4 is 5.32 Å². The minimum absolute atomic E-state index is 0.428. The van der Waals surface area contributed by atoms with Gasteiger partial charge in [-0.25, -0.2) is 9.97 Å². The Morgan fingerprint density at radius 3 is 2.38 bits per heavy atom. The second-order valence-corrected chi connectivity index (χ2v) is 8.14. The monoisotopic (exact) mass is 432 g/mol. The number of anilines is 2. The highest BCUT2D eigenvalue weighted by Gasteiger charge is 2.52. The van der Waals surface area contributed by atoms with E-state index in [1.807, 2.05) is 66.9 Å². The SMILES string of the molecule is C[C@@]1(CO)O[C@@H](n2cc(-c3ccccc3)c3c(Nc4ccccc4)ncnc32)[C@H](O)[C@@H]1O. The molecule has 4 aromatic rings. The molecule has 0 radical (unpaired) electrons. The van der Waals surface area contributed by atoms with E-state index in [1.54, 1.807) is 11.5 Å². The van der Waals surface area contributed by atoms with Gasteiger partial charge in [0.2, 0.25) is 0 Å². The first-order valence-corrected chi connectivity index (χ1v) is 10.4. The summed E-state index contributed by atoms with van der Waals surface area (Å²) in [7, 11) is 0. The Hall–Kier alpha value is -3.30. The molecule has 2 aromatic carbocycles. The zero-order valence-electron chi connectivity index (χ0n) is 17.5. The van der Waals surface area contributed by atoms with Crippen LogP contribution >= 0.6 is 0 Å². The maximum atomic E-state index is 10.8. The second kappa shape index (κ2) is 7.99. The summed E-state index contributed by atoms with van der Waals surface area (Å²) in [5.41, 5.74) is 1.92. The van der Waals surface area contributed by atoms with Crippen LogP contribution in [0.15, 0.2) is 73.2 Å². The standard InChI is InChI=1S/C24H24N4O4/c1-24(13-29)20(31)19(30)23(32-24)28-12-17(15-8-4-2-5-9-15)18-21(25-14-26-22(18)28)27-16-10-6-3-7-11-16/h2-12,14,19-20,23,29-31H,13H2,1H3,(H,25,26,27)/t19-,20+,23-,24+/m1/s1. The van der Waals surface area contributed by atoms with E-state index in [4.69, 9.17) is 4.74 Å². The van der Waals surface area contributed by atoms with Crippen LogP contribution in [-0.4, -0.2) is 54.3 Å². The van der Waals surface area contributed by atoms with Gasteiger partial charge in [0, 0.05) is 17.4 Å². The van der Waals surface area contributed by atoms with Gasteiger partial charge in [0.15, 0.2) is 6.23 Å². The largest absolute Gasteiger partial charge is 0.393 e. The molecule has 1 aliphatic heterocycles. The number of rotatable bonds is 5. The van der Waals surface area contributed by atoms with Crippen molar-refractivity contribution < 1.29 is 20.1 Å². The van der Waals surface area contributed by atoms with Gasteiger partial charge in [-0.15, -0.1) is 0 Å². The molecule has 5 rings (SSSR count). The first-order valence-electron chi connectivity index (χ1n) is 10.4. The molecule has 0 spiro atoms. The number of hydrogen-bond donors (Lipinski definition) is 4. The van der Waals surface area contributed by atoms with E-state index in [-0.39, 0.29) is 0 Å². The van der Waals surface area contributed by atoms with Crippen LogP contribution in [-0.2, 0) is 4.74 Å². The molecule has 0 unspecified atom stereocenters. The predicted octanol–water partition coefficient (Wildman–Crippen LogP) is 2.84. The second-order valence-electron chi connectivity index (χ2n) is 8.14. The third-order valence-electron chi connectivity index (χ3n) is 5.95. The summed E-state index contributed by atoms with van der Waals surface area (Å²) < 4.78 is 7.66. The summed E-state index contributed by atoms with van der Waals surface area (Å²) >= 11 is 0. The van der Waals surface area contributed by atoms with Crippen LogP contribution in [0.2, 0.25) is 0 Å². The van der Waals surface area contributed by atoms with Crippen molar-refractivity contribution in [1.82, 2.24) is 14.5 Å². The summed E-state index contributed by atoms with van der Waals surface area (Å²) in [6.45, 7) is 1.14. The third-order valence-corrected chi connectivity index (χ3v) is 5.95. The van der Waals surface area contributed by atoms with E-state index in [9.17, 15) is 15.3 Å². The summed E-state index contributed by atoms with van der Waals surface area (Å²) in [5, 5.41) is 35.1. The molecule has 2 aromatic heterocycles. The van der Waals surface area contributed by atoms with Gasteiger partial charge in [-0.3, -0.25) is 0 Å². The zero-order chi connectivity index (χ0) is 22.3. The number of aromatic nitrogens is 3. The van der Waals surface area contributed by atoms with E-state index >= 15 is 0 Å². The molecule has 1 saturated heterocycles. The van der Waals surface area contributed by atoms with Crippen LogP contribution in [0.5, 0.6) is 0 Å². The Balaban J connectivity index is 1.70. The number of nitrogens with zero attached hydrogens (tertiary/aromatic N) is 3. The van der Waals surface area contributed by atoms with Crippen molar-refractivity contribution in [2.45, 2.75) is 31.0 Å². The lowest BCUT2D eigenvalue weighted by molar-refractivity contribution is -0.115. The van der Waals surface area contributed by atoms with Crippen molar-refractivity contribution in [2.75, 3.05) is 11.9 Å². The number of aliphatic hydroxyl groups is 3. The minimum Gasteiger partial charge on any atom is -0.393 e. The Morgan fingerprint density at radius 2 is 1.72 bits per heavy atom. The van der Waals surface area contributed by atoms with E-state index in [0.29, 0.717) is 11.5 Å². The molecule has 164 valence electrons. The van der Waals surface area contributed by atoms with Crippen molar-refractivity contribution in [2.24, 2.45) is 0 Å².